The van der Waals surface area contributed by atoms with Gasteiger partial charge in [-0.25, -0.2) is 4.39 Å². The van der Waals surface area contributed by atoms with Gasteiger partial charge in [0.15, 0.2) is 5.76 Å². The second-order valence-electron chi connectivity index (χ2n) is 4.70. The summed E-state index contributed by atoms with van der Waals surface area (Å²) < 4.78 is 24.2. The van der Waals surface area contributed by atoms with E-state index >= 15 is 0 Å². The lowest BCUT2D eigenvalue weighted by Crippen LogP contribution is -2.25. The van der Waals surface area contributed by atoms with Crippen molar-refractivity contribution in [3.8, 4) is 0 Å². The van der Waals surface area contributed by atoms with E-state index in [1.807, 2.05) is 0 Å². The minimum atomic E-state index is -0.719. The Kier molecular flexibility index (Phi) is 3.21. The Hall–Kier alpha value is -2.63. The number of hydrazone groups is 1. The molecule has 0 N–H and O–H groups in total. The van der Waals surface area contributed by atoms with Crippen molar-refractivity contribution in [2.75, 3.05) is 0 Å². The van der Waals surface area contributed by atoms with Gasteiger partial charge < -0.3 is 9.15 Å². The number of rotatable bonds is 2. The van der Waals surface area contributed by atoms with E-state index in [0.29, 0.717) is 11.3 Å². The maximum atomic E-state index is 13.0. The highest BCUT2D eigenvalue weighted by Crippen LogP contribution is 2.30. The molecule has 3 rings (SSSR count). The van der Waals surface area contributed by atoms with Crippen molar-refractivity contribution in [2.24, 2.45) is 5.10 Å². The summed E-state index contributed by atoms with van der Waals surface area (Å²) in [6.07, 6.45) is -0.719. The number of hydrogen-bond donors (Lipinski definition) is 0. The van der Waals surface area contributed by atoms with Gasteiger partial charge in [-0.1, -0.05) is 12.1 Å². The highest BCUT2D eigenvalue weighted by Gasteiger charge is 2.34. The van der Waals surface area contributed by atoms with Crippen LogP contribution in [0.5, 0.6) is 0 Å². The van der Waals surface area contributed by atoms with Gasteiger partial charge in [-0.2, -0.15) is 5.01 Å². The molecule has 1 aliphatic rings. The van der Waals surface area contributed by atoms with Crippen molar-refractivity contribution < 1.29 is 18.3 Å². The molecule has 1 atom stereocenters. The fourth-order valence-corrected chi connectivity index (χ4v) is 2.06. The minimum Gasteiger partial charge on any atom is -0.456 e. The molecule has 0 bridgehead atoms. The largest absolute Gasteiger partial charge is 0.456 e. The molecule has 1 aromatic carbocycles. The normalized spacial score (nSPS) is 17.6. The van der Waals surface area contributed by atoms with Crippen molar-refractivity contribution in [3.63, 3.8) is 0 Å². The van der Waals surface area contributed by atoms with Crippen molar-refractivity contribution in [1.82, 2.24) is 5.01 Å². The number of furan rings is 1. The number of benzene rings is 1. The van der Waals surface area contributed by atoms with Crippen LogP contribution in [0.15, 0.2) is 45.9 Å². The Bertz CT molecular complexity index is 706. The molecule has 2 heterocycles. The molecule has 0 radical (unpaired) electrons. The lowest BCUT2D eigenvalue weighted by Gasteiger charge is -2.18. The van der Waals surface area contributed by atoms with Crippen molar-refractivity contribution >= 4 is 11.8 Å². The fraction of sp³-hybridized carbons (Fsp3) is 0.200. The average molecular weight is 288 g/mol. The molecule has 2 aromatic rings. The van der Waals surface area contributed by atoms with Crippen LogP contribution in [0.25, 0.3) is 0 Å². The zero-order chi connectivity index (χ0) is 15.0. The van der Waals surface area contributed by atoms with E-state index < -0.39 is 6.23 Å². The summed E-state index contributed by atoms with van der Waals surface area (Å²) in [5, 5.41) is 5.35. The molecule has 0 saturated heterocycles. The first-order valence-electron chi connectivity index (χ1n) is 6.42. The smallest absolute Gasteiger partial charge is 0.277 e. The summed E-state index contributed by atoms with van der Waals surface area (Å²) >= 11 is 0. The molecular formula is C15H13FN2O3. The third kappa shape index (κ3) is 2.52. The van der Waals surface area contributed by atoms with Crippen LogP contribution in [0.1, 0.15) is 30.2 Å². The summed E-state index contributed by atoms with van der Waals surface area (Å²) in [5.41, 5.74) is 0.633. The molecule has 1 unspecified atom stereocenters. The van der Waals surface area contributed by atoms with Gasteiger partial charge in [0.1, 0.15) is 11.6 Å². The molecule has 108 valence electrons. The van der Waals surface area contributed by atoms with Crippen molar-refractivity contribution in [1.29, 1.82) is 0 Å². The number of carbonyl (C=O) groups is 1. The second-order valence-corrected chi connectivity index (χ2v) is 4.70. The summed E-state index contributed by atoms with van der Waals surface area (Å²) in [7, 11) is 0. The van der Waals surface area contributed by atoms with E-state index in [4.69, 9.17) is 9.15 Å². The quantitative estimate of drug-likeness (QED) is 0.853. The lowest BCUT2D eigenvalue weighted by molar-refractivity contribution is -0.135. The minimum absolute atomic E-state index is 0.229. The van der Waals surface area contributed by atoms with Crippen LogP contribution < -0.4 is 0 Å². The predicted octanol–water partition coefficient (Wildman–Crippen LogP) is 2.97. The second kappa shape index (κ2) is 5.05. The van der Waals surface area contributed by atoms with Gasteiger partial charge in [-0.3, -0.25) is 4.79 Å². The van der Waals surface area contributed by atoms with Gasteiger partial charge in [0, 0.05) is 12.5 Å². The first kappa shape index (κ1) is 13.4. The topological polar surface area (TPSA) is 55.0 Å². The predicted molar refractivity (Wildman–Crippen MR) is 72.7 cm³/mol. The van der Waals surface area contributed by atoms with Crippen LogP contribution in [0.2, 0.25) is 0 Å². The molecule has 0 saturated carbocycles. The van der Waals surface area contributed by atoms with Gasteiger partial charge in [0.2, 0.25) is 12.1 Å². The Balaban J connectivity index is 1.93. The van der Waals surface area contributed by atoms with Gasteiger partial charge in [0.05, 0.1) is 0 Å². The molecule has 0 aliphatic carbocycles. The zero-order valence-corrected chi connectivity index (χ0v) is 11.5. The zero-order valence-electron chi connectivity index (χ0n) is 11.5. The van der Waals surface area contributed by atoms with E-state index in [1.54, 1.807) is 31.2 Å². The van der Waals surface area contributed by atoms with E-state index in [2.05, 4.69) is 5.10 Å². The molecule has 1 amide bonds. The number of aryl methyl sites for hydroxylation is 1. The number of halogens is 1. The Morgan fingerprint density at radius 1 is 1.24 bits per heavy atom. The molecule has 0 fully saturated rings. The molecule has 1 aromatic heterocycles. The number of ether oxygens (including phenoxy) is 1. The molecule has 21 heavy (non-hydrogen) atoms. The molecule has 0 spiro atoms. The van der Waals surface area contributed by atoms with E-state index in [-0.39, 0.29) is 17.6 Å². The highest BCUT2D eigenvalue weighted by atomic mass is 19.1. The SMILES string of the molecule is CC(=O)N1N=C(c2ccc(C)o2)OC1c1ccc(F)cc1. The Labute approximate surface area is 120 Å². The van der Waals surface area contributed by atoms with Gasteiger partial charge in [-0.15, -0.1) is 5.10 Å². The monoisotopic (exact) mass is 288 g/mol. The van der Waals surface area contributed by atoms with Crippen LogP contribution in [-0.4, -0.2) is 16.8 Å². The number of amides is 1. The van der Waals surface area contributed by atoms with E-state index in [9.17, 15) is 9.18 Å². The van der Waals surface area contributed by atoms with Crippen LogP contribution in [0.4, 0.5) is 4.39 Å². The third-order valence-corrected chi connectivity index (χ3v) is 3.07. The Morgan fingerprint density at radius 2 is 1.95 bits per heavy atom. The van der Waals surface area contributed by atoms with Crippen LogP contribution in [-0.2, 0) is 9.53 Å². The van der Waals surface area contributed by atoms with E-state index in [1.165, 1.54) is 24.1 Å². The maximum Gasteiger partial charge on any atom is 0.277 e. The first-order valence-corrected chi connectivity index (χ1v) is 6.42. The molecular weight excluding hydrogens is 275 g/mol. The summed E-state index contributed by atoms with van der Waals surface area (Å²) in [4.78, 5) is 11.7. The van der Waals surface area contributed by atoms with Crippen LogP contribution in [0, 0.1) is 12.7 Å². The summed E-state index contributed by atoms with van der Waals surface area (Å²) in [6, 6.07) is 9.24. The van der Waals surface area contributed by atoms with E-state index in [0.717, 1.165) is 5.76 Å². The number of hydrogen-bond acceptors (Lipinski definition) is 4. The summed E-state index contributed by atoms with van der Waals surface area (Å²) in [6.45, 7) is 3.19. The van der Waals surface area contributed by atoms with Crippen molar-refractivity contribution in [3.05, 3.63) is 59.3 Å². The first-order chi connectivity index (χ1) is 10.0. The summed E-state index contributed by atoms with van der Waals surface area (Å²) in [5.74, 6) is 0.767. The van der Waals surface area contributed by atoms with Gasteiger partial charge >= 0.3 is 0 Å². The average Bonchev–Trinajstić information content (AvgIpc) is 3.05. The molecule has 6 heteroatoms. The standard InChI is InChI=1S/C15H13FN2O3/c1-9-3-8-13(20-9)14-17-18(10(2)19)15(21-14)11-4-6-12(16)7-5-11/h3-8,15H,1-2H3. The van der Waals surface area contributed by atoms with Crippen LogP contribution in [0.3, 0.4) is 0 Å². The number of carbonyl (C=O) groups excluding carboxylic acids is 1. The highest BCUT2D eigenvalue weighted by molar-refractivity contribution is 5.94. The third-order valence-electron chi connectivity index (χ3n) is 3.07. The molecule has 1 aliphatic heterocycles. The van der Waals surface area contributed by atoms with Gasteiger partial charge in [0.25, 0.3) is 5.90 Å². The maximum absolute atomic E-state index is 13.0. The fourth-order valence-electron chi connectivity index (χ4n) is 2.06. The molecule has 5 nitrogen and oxygen atoms in total. The van der Waals surface area contributed by atoms with Crippen LogP contribution >= 0.6 is 0 Å². The van der Waals surface area contributed by atoms with Crippen molar-refractivity contribution in [2.45, 2.75) is 20.1 Å². The lowest BCUT2D eigenvalue weighted by atomic mass is 10.2. The van der Waals surface area contributed by atoms with Gasteiger partial charge in [-0.05, 0) is 31.2 Å². The Morgan fingerprint density at radius 3 is 2.52 bits per heavy atom. The number of nitrogens with zero attached hydrogens (tertiary/aromatic N) is 2.